The third kappa shape index (κ3) is 3.75. The van der Waals surface area contributed by atoms with E-state index in [0.717, 1.165) is 5.56 Å². The lowest BCUT2D eigenvalue weighted by molar-refractivity contribution is 0.0946. The van der Waals surface area contributed by atoms with Crippen molar-refractivity contribution in [2.75, 3.05) is 12.4 Å². The molecule has 2 aromatic heterocycles. The Morgan fingerprint density at radius 1 is 1.29 bits per heavy atom. The van der Waals surface area contributed by atoms with E-state index in [9.17, 15) is 4.79 Å². The van der Waals surface area contributed by atoms with Crippen molar-refractivity contribution in [2.45, 2.75) is 26.3 Å². The van der Waals surface area contributed by atoms with Gasteiger partial charge in [-0.25, -0.2) is 9.97 Å². The van der Waals surface area contributed by atoms with Crippen LogP contribution in [0.3, 0.4) is 0 Å². The molecule has 1 amide bonds. The van der Waals surface area contributed by atoms with Crippen LogP contribution >= 0.6 is 0 Å². The highest BCUT2D eigenvalue weighted by atomic mass is 16.1. The molecule has 0 radical (unpaired) electrons. The number of nitrogens with zero attached hydrogens (tertiary/aromatic N) is 3. The Morgan fingerprint density at radius 2 is 2.00 bits per heavy atom. The number of anilines is 1. The van der Waals surface area contributed by atoms with Crippen LogP contribution in [0.2, 0.25) is 0 Å². The summed E-state index contributed by atoms with van der Waals surface area (Å²) in [7, 11) is 1.74. The molecule has 6 heteroatoms. The summed E-state index contributed by atoms with van der Waals surface area (Å²) in [4.78, 5) is 24.9. The van der Waals surface area contributed by atoms with E-state index in [0.29, 0.717) is 23.8 Å². The first-order valence-corrected chi connectivity index (χ1v) is 6.83. The predicted octanol–water partition coefficient (Wildman–Crippen LogP) is 1.97. The van der Waals surface area contributed by atoms with Crippen molar-refractivity contribution in [3.8, 4) is 0 Å². The second kappa shape index (κ2) is 6.78. The number of amides is 1. The summed E-state index contributed by atoms with van der Waals surface area (Å²) < 4.78 is 0. The molecule has 2 heterocycles. The number of carbonyl (C=O) groups excluding carboxylic acids is 1. The molecule has 6 nitrogen and oxygen atoms in total. The van der Waals surface area contributed by atoms with Gasteiger partial charge in [0.05, 0.1) is 11.9 Å². The molecular weight excluding hydrogens is 266 g/mol. The monoisotopic (exact) mass is 285 g/mol. The highest BCUT2D eigenvalue weighted by Crippen LogP contribution is 2.15. The van der Waals surface area contributed by atoms with E-state index >= 15 is 0 Å². The van der Waals surface area contributed by atoms with E-state index in [1.54, 1.807) is 25.6 Å². The number of aromatic nitrogens is 3. The smallest absolute Gasteiger partial charge is 0.272 e. The molecule has 0 atom stereocenters. The lowest BCUT2D eigenvalue weighted by Gasteiger charge is -2.11. The van der Waals surface area contributed by atoms with Crippen LogP contribution in [-0.4, -0.2) is 27.9 Å². The van der Waals surface area contributed by atoms with Crippen molar-refractivity contribution in [3.05, 3.63) is 47.8 Å². The zero-order valence-electron chi connectivity index (χ0n) is 12.4. The van der Waals surface area contributed by atoms with Gasteiger partial charge >= 0.3 is 0 Å². The molecule has 0 fully saturated rings. The predicted molar refractivity (Wildman–Crippen MR) is 81.1 cm³/mol. The van der Waals surface area contributed by atoms with Crippen LogP contribution in [0.15, 0.2) is 30.7 Å². The molecular formula is C15H19N5O. The third-order valence-electron chi connectivity index (χ3n) is 3.01. The van der Waals surface area contributed by atoms with Crippen LogP contribution < -0.4 is 10.6 Å². The molecule has 0 unspecified atom stereocenters. The molecule has 0 saturated heterocycles. The van der Waals surface area contributed by atoms with Gasteiger partial charge in [-0.05, 0) is 17.7 Å². The summed E-state index contributed by atoms with van der Waals surface area (Å²) in [5, 5.41) is 5.80. The van der Waals surface area contributed by atoms with E-state index in [1.165, 1.54) is 0 Å². The summed E-state index contributed by atoms with van der Waals surface area (Å²) in [6.45, 7) is 4.42. The van der Waals surface area contributed by atoms with Gasteiger partial charge in [-0.2, -0.15) is 0 Å². The molecule has 0 aliphatic heterocycles. The Balaban J connectivity index is 2.15. The highest BCUT2D eigenvalue weighted by Gasteiger charge is 2.15. The van der Waals surface area contributed by atoms with Crippen LogP contribution in [0, 0.1) is 0 Å². The van der Waals surface area contributed by atoms with E-state index in [2.05, 4.69) is 25.6 Å². The Hall–Kier alpha value is -2.50. The van der Waals surface area contributed by atoms with Crippen molar-refractivity contribution in [1.82, 2.24) is 20.3 Å². The van der Waals surface area contributed by atoms with Gasteiger partial charge in [0.1, 0.15) is 5.82 Å². The summed E-state index contributed by atoms with van der Waals surface area (Å²) >= 11 is 0. The molecule has 0 aliphatic rings. The van der Waals surface area contributed by atoms with Crippen molar-refractivity contribution in [2.24, 2.45) is 0 Å². The average molecular weight is 285 g/mol. The van der Waals surface area contributed by atoms with Crippen molar-refractivity contribution in [1.29, 1.82) is 0 Å². The van der Waals surface area contributed by atoms with E-state index < -0.39 is 0 Å². The molecule has 2 aromatic rings. The lowest BCUT2D eigenvalue weighted by Crippen LogP contribution is -2.25. The number of nitrogens with one attached hydrogen (secondary N) is 2. The van der Waals surface area contributed by atoms with Crippen LogP contribution in [0.1, 0.15) is 41.6 Å². The van der Waals surface area contributed by atoms with Gasteiger partial charge in [0.15, 0.2) is 5.69 Å². The second-order valence-corrected chi connectivity index (χ2v) is 4.93. The van der Waals surface area contributed by atoms with Crippen LogP contribution in [0.25, 0.3) is 0 Å². The topological polar surface area (TPSA) is 79.8 Å². The molecule has 0 spiro atoms. The average Bonchev–Trinajstić information content (AvgIpc) is 2.52. The zero-order valence-corrected chi connectivity index (χ0v) is 12.4. The van der Waals surface area contributed by atoms with Gasteiger partial charge in [-0.3, -0.25) is 9.78 Å². The summed E-state index contributed by atoms with van der Waals surface area (Å²) in [5.74, 6) is 0.603. The zero-order chi connectivity index (χ0) is 15.2. The SMILES string of the molecule is CNc1cnc(C(C)C)nc1C(=O)NCc1ccncc1. The fourth-order valence-corrected chi connectivity index (χ4v) is 1.80. The number of hydrogen-bond donors (Lipinski definition) is 2. The standard InChI is InChI=1S/C15H19N5O/c1-10(2)14-18-9-12(16-3)13(20-14)15(21)19-8-11-4-6-17-7-5-11/h4-7,9-10,16H,8H2,1-3H3,(H,19,21). The minimum absolute atomic E-state index is 0.169. The Kier molecular flexibility index (Phi) is 4.81. The molecule has 2 N–H and O–H groups in total. The van der Waals surface area contributed by atoms with Crippen LogP contribution in [0.5, 0.6) is 0 Å². The first-order chi connectivity index (χ1) is 10.1. The highest BCUT2D eigenvalue weighted by molar-refractivity contribution is 5.97. The molecule has 0 aliphatic carbocycles. The van der Waals surface area contributed by atoms with Crippen molar-refractivity contribution < 1.29 is 4.79 Å². The fraction of sp³-hybridized carbons (Fsp3) is 0.333. The van der Waals surface area contributed by atoms with Crippen molar-refractivity contribution in [3.63, 3.8) is 0 Å². The van der Waals surface area contributed by atoms with Crippen LogP contribution in [-0.2, 0) is 6.54 Å². The molecule has 0 aromatic carbocycles. The maximum atomic E-state index is 12.3. The Morgan fingerprint density at radius 3 is 2.62 bits per heavy atom. The first kappa shape index (κ1) is 14.9. The van der Waals surface area contributed by atoms with Gasteiger partial charge in [0, 0.05) is 31.9 Å². The minimum atomic E-state index is -0.222. The number of pyridine rings is 1. The molecule has 2 rings (SSSR count). The molecule has 0 saturated carbocycles. The maximum Gasteiger partial charge on any atom is 0.272 e. The van der Waals surface area contributed by atoms with Gasteiger partial charge in [0.25, 0.3) is 5.91 Å². The number of hydrogen-bond acceptors (Lipinski definition) is 5. The summed E-state index contributed by atoms with van der Waals surface area (Å²) in [5.41, 5.74) is 1.97. The van der Waals surface area contributed by atoms with Gasteiger partial charge < -0.3 is 10.6 Å². The third-order valence-corrected chi connectivity index (χ3v) is 3.01. The van der Waals surface area contributed by atoms with Crippen LogP contribution in [0.4, 0.5) is 5.69 Å². The van der Waals surface area contributed by atoms with Gasteiger partial charge in [-0.15, -0.1) is 0 Å². The number of rotatable bonds is 5. The van der Waals surface area contributed by atoms with E-state index in [4.69, 9.17) is 0 Å². The molecule has 0 bridgehead atoms. The molecule has 110 valence electrons. The van der Waals surface area contributed by atoms with Crippen molar-refractivity contribution >= 4 is 11.6 Å². The largest absolute Gasteiger partial charge is 0.385 e. The quantitative estimate of drug-likeness (QED) is 0.878. The molecule has 21 heavy (non-hydrogen) atoms. The Bertz CT molecular complexity index is 613. The minimum Gasteiger partial charge on any atom is -0.385 e. The summed E-state index contributed by atoms with van der Waals surface area (Å²) in [6.07, 6.45) is 5.04. The Labute approximate surface area is 124 Å². The second-order valence-electron chi connectivity index (χ2n) is 4.93. The van der Waals surface area contributed by atoms with E-state index in [1.807, 2.05) is 26.0 Å². The normalized spacial score (nSPS) is 10.5. The number of carbonyl (C=O) groups is 1. The van der Waals surface area contributed by atoms with Gasteiger partial charge in [-0.1, -0.05) is 13.8 Å². The first-order valence-electron chi connectivity index (χ1n) is 6.83. The maximum absolute atomic E-state index is 12.3. The van der Waals surface area contributed by atoms with E-state index in [-0.39, 0.29) is 11.8 Å². The van der Waals surface area contributed by atoms with Gasteiger partial charge in [0.2, 0.25) is 0 Å². The fourth-order valence-electron chi connectivity index (χ4n) is 1.80. The summed E-state index contributed by atoms with van der Waals surface area (Å²) in [6, 6.07) is 3.72. The lowest BCUT2D eigenvalue weighted by atomic mass is 10.2.